The molecular formula is C85H98N12O28. The second-order valence-electron chi connectivity index (χ2n) is 28.7. The number of nitrogens with one attached hydrogen (secondary N) is 2. The first kappa shape index (κ1) is 90.8. The van der Waals surface area contributed by atoms with E-state index in [-0.39, 0.29) is 239 Å². The van der Waals surface area contributed by atoms with Gasteiger partial charge in [0.2, 0.25) is 11.8 Å². The van der Waals surface area contributed by atoms with Gasteiger partial charge in [0.25, 0.3) is 0 Å². The summed E-state index contributed by atoms with van der Waals surface area (Å²) in [4.78, 5) is 182. The number of nitrogens with zero attached hydrogens (tertiary/aromatic N) is 10. The van der Waals surface area contributed by atoms with Crippen molar-refractivity contribution < 1.29 is 133 Å². The van der Waals surface area contributed by atoms with Crippen LogP contribution in [0.3, 0.4) is 0 Å². The number of rotatable bonds is 30. The maximum atomic E-state index is 13.1. The van der Waals surface area contributed by atoms with Gasteiger partial charge in [0.15, 0.2) is 0 Å². The molecule has 0 atom stereocenters. The van der Waals surface area contributed by atoms with E-state index in [9.17, 15) is 62.3 Å². The van der Waals surface area contributed by atoms with Gasteiger partial charge >= 0.3 is 66.7 Å². The lowest BCUT2D eigenvalue weighted by Crippen LogP contribution is -2.51. The summed E-state index contributed by atoms with van der Waals surface area (Å²) in [6.07, 6.45) is -4.30. The van der Waals surface area contributed by atoms with Gasteiger partial charge in [0, 0.05) is 157 Å². The minimum atomic E-state index is -0.701. The summed E-state index contributed by atoms with van der Waals surface area (Å²) in [5.74, 6) is -0.218. The fourth-order valence-electron chi connectivity index (χ4n) is 13.1. The topological polar surface area (TPSA) is 417 Å². The quantitative estimate of drug-likeness (QED) is 0.0288. The van der Waals surface area contributed by atoms with E-state index >= 15 is 0 Å². The van der Waals surface area contributed by atoms with E-state index in [0.717, 1.165) is 0 Å². The lowest BCUT2D eigenvalue weighted by Gasteiger charge is -2.34. The van der Waals surface area contributed by atoms with Crippen LogP contribution in [0.4, 0.5) is 38.4 Å². The van der Waals surface area contributed by atoms with Crippen LogP contribution in [0.25, 0.3) is 0 Å². The number of hydrogen-bond donors (Lipinski definition) is 2. The average Bonchev–Trinajstić information content (AvgIpc) is 0.856. The van der Waals surface area contributed by atoms with Crippen LogP contribution in [0.15, 0.2) is 146 Å². The molecule has 666 valence electrons. The highest BCUT2D eigenvalue weighted by atomic mass is 16.6. The van der Waals surface area contributed by atoms with Crippen molar-refractivity contribution in [3.05, 3.63) is 162 Å². The SMILES string of the molecule is O=C(Oc1ccc(OC(=O)N2CCN(C(=O)CCOCCOCCOC(=O)N3CCN(C(=O)Oc4ccc(C(=O)Oc5ccc(OC(=O)N6CCN(C(=O)CCOCCOCCOC(=O)N7CCN(C(=O)Oc8ccc(C(=O)Oc9ccc(OC(=O)N%10CCNCC%10)cc9)cc8)CC7)CC6)cc5)cc4)CC3)CC2)cc1)c1ccc(OC(=O)N2CCNCC2)cc1. The average molecular weight is 1740 g/mol. The first-order valence-electron chi connectivity index (χ1n) is 41.0. The Bertz CT molecular complexity index is 4630. The molecule has 0 unspecified atom stereocenters. The van der Waals surface area contributed by atoms with Crippen molar-refractivity contribution in [3.8, 4) is 51.7 Å². The molecule has 6 aliphatic rings. The third-order valence-electron chi connectivity index (χ3n) is 20.3. The summed E-state index contributed by atoms with van der Waals surface area (Å²) in [5, 5.41) is 6.34. The zero-order chi connectivity index (χ0) is 87.7. The monoisotopic (exact) mass is 1730 g/mol. The molecule has 6 aromatic carbocycles. The number of ether oxygens (including phenoxy) is 15. The summed E-state index contributed by atoms with van der Waals surface area (Å²) >= 11 is 0. The molecule has 10 amide bonds. The Hall–Kier alpha value is -13.4. The molecule has 6 heterocycles. The van der Waals surface area contributed by atoms with Crippen molar-refractivity contribution >= 4 is 78.5 Å². The molecule has 12 rings (SSSR count). The molecule has 6 fully saturated rings. The van der Waals surface area contributed by atoms with E-state index in [1.54, 1.807) is 19.6 Å². The Balaban J connectivity index is 0.425. The van der Waals surface area contributed by atoms with Crippen LogP contribution in [-0.4, -0.2) is 351 Å². The summed E-state index contributed by atoms with van der Waals surface area (Å²) < 4.78 is 82.3. The zero-order valence-electron chi connectivity index (χ0n) is 68.7. The van der Waals surface area contributed by atoms with Crippen molar-refractivity contribution in [1.29, 1.82) is 0 Å². The number of piperazine rings is 6. The Labute approximate surface area is 718 Å². The molecule has 0 aliphatic carbocycles. The van der Waals surface area contributed by atoms with Gasteiger partial charge < -0.3 is 131 Å². The Kier molecular flexibility index (Phi) is 33.9. The van der Waals surface area contributed by atoms with Crippen molar-refractivity contribution in [3.63, 3.8) is 0 Å². The van der Waals surface area contributed by atoms with E-state index in [4.69, 9.17) is 71.1 Å². The molecule has 6 aromatic rings. The first-order valence-corrected chi connectivity index (χ1v) is 41.0. The fraction of sp³-hybridized carbons (Fsp3) is 0.424. The third-order valence-corrected chi connectivity index (χ3v) is 20.3. The van der Waals surface area contributed by atoms with Gasteiger partial charge in [-0.15, -0.1) is 0 Å². The summed E-state index contributed by atoms with van der Waals surface area (Å²) in [5.41, 5.74) is 0.612. The molecule has 0 aromatic heterocycles. The fourth-order valence-corrected chi connectivity index (χ4v) is 13.1. The molecule has 125 heavy (non-hydrogen) atoms. The van der Waals surface area contributed by atoms with Gasteiger partial charge in [-0.2, -0.15) is 0 Å². The maximum Gasteiger partial charge on any atom is 0.415 e. The van der Waals surface area contributed by atoms with E-state index in [0.29, 0.717) is 76.9 Å². The van der Waals surface area contributed by atoms with Crippen LogP contribution < -0.4 is 53.3 Å². The lowest BCUT2D eigenvalue weighted by molar-refractivity contribution is -0.134. The highest BCUT2D eigenvalue weighted by Crippen LogP contribution is 2.27. The van der Waals surface area contributed by atoms with Crippen molar-refractivity contribution in [2.45, 2.75) is 12.8 Å². The predicted molar refractivity (Wildman–Crippen MR) is 436 cm³/mol. The number of esters is 3. The van der Waals surface area contributed by atoms with Crippen molar-refractivity contribution in [1.82, 2.24) is 59.6 Å². The van der Waals surface area contributed by atoms with Crippen LogP contribution in [-0.2, 0) is 38.0 Å². The van der Waals surface area contributed by atoms with Crippen molar-refractivity contribution in [2.75, 3.05) is 223 Å². The molecule has 2 N–H and O–H groups in total. The molecule has 0 spiro atoms. The Morgan fingerprint density at radius 3 is 0.608 bits per heavy atom. The second kappa shape index (κ2) is 46.7. The summed E-state index contributed by atoms with van der Waals surface area (Å²) in [6.45, 7) is 9.86. The van der Waals surface area contributed by atoms with Crippen molar-refractivity contribution in [2.24, 2.45) is 0 Å². The third kappa shape index (κ3) is 28.3. The van der Waals surface area contributed by atoms with Gasteiger partial charge in [-0.3, -0.25) is 9.59 Å². The van der Waals surface area contributed by atoms with Crippen LogP contribution in [0, 0.1) is 0 Å². The number of carbonyl (C=O) groups excluding carboxylic acids is 13. The highest BCUT2D eigenvalue weighted by Gasteiger charge is 2.32. The minimum absolute atomic E-state index is 0.0185. The van der Waals surface area contributed by atoms with Gasteiger partial charge in [-0.25, -0.2) is 52.7 Å². The molecule has 6 aliphatic heterocycles. The smallest absolute Gasteiger partial charge is 0.415 e. The highest BCUT2D eigenvalue weighted by molar-refractivity contribution is 5.93. The lowest BCUT2D eigenvalue weighted by atomic mass is 10.2. The maximum absolute atomic E-state index is 13.1. The van der Waals surface area contributed by atoms with Crippen LogP contribution in [0.1, 0.15) is 43.9 Å². The Morgan fingerprint density at radius 2 is 0.376 bits per heavy atom. The second-order valence-corrected chi connectivity index (χ2v) is 28.7. The van der Waals surface area contributed by atoms with E-state index < -0.39 is 66.7 Å². The molecule has 0 saturated carbocycles. The number of carbonyl (C=O) groups is 13. The number of amides is 10. The zero-order valence-corrected chi connectivity index (χ0v) is 68.7. The molecule has 0 radical (unpaired) electrons. The van der Waals surface area contributed by atoms with Gasteiger partial charge in [0.05, 0.1) is 82.4 Å². The predicted octanol–water partition coefficient (Wildman–Crippen LogP) is 6.19. The van der Waals surface area contributed by atoms with Gasteiger partial charge in [-0.05, 0) is 146 Å². The number of benzene rings is 6. The van der Waals surface area contributed by atoms with Crippen LogP contribution >= 0.6 is 0 Å². The molecule has 6 saturated heterocycles. The minimum Gasteiger partial charge on any atom is -0.447 e. The normalized spacial score (nSPS) is 15.5. The van der Waals surface area contributed by atoms with Crippen LogP contribution in [0.2, 0.25) is 0 Å². The van der Waals surface area contributed by atoms with Gasteiger partial charge in [-0.1, -0.05) is 0 Å². The van der Waals surface area contributed by atoms with E-state index in [2.05, 4.69) is 10.6 Å². The largest absolute Gasteiger partial charge is 0.447 e. The van der Waals surface area contributed by atoms with Gasteiger partial charge in [0.1, 0.15) is 65.0 Å². The standard InChI is InChI=1S/C85H98N12O28/c98-73(88-35-39-94(40-36-88)82(107)124-71-21-15-65(16-22-71)118-75(100)61-1-7-67(8-2-61)120-80(105)90-31-27-86-28-32-90)25-51-111-53-55-114-58-60-116-79(104)93-45-49-97(50-46-93)85(110)122-69-11-5-63(6-12-69)77(102)119-66-17-23-72(24-18-66)125-83(108)95-41-37-89(38-42-95)74(99)26-52-112-54-56-113-57-59-115-78(103)92-43-47-96(48-44-92)84(109)121-68-9-3-62(4-10-68)76(101)117-64-13-19-70(20-14-64)123-81(106)91-33-29-87-30-34-91/h1-24,86-87H,25-60H2. The first-order chi connectivity index (χ1) is 60.8. The van der Waals surface area contributed by atoms with E-state index in [1.807, 2.05) is 0 Å². The molecule has 40 nitrogen and oxygen atoms in total. The molecular weight excluding hydrogens is 1640 g/mol. The molecule has 40 heteroatoms. The van der Waals surface area contributed by atoms with E-state index in [1.165, 1.54) is 175 Å². The number of hydrogen-bond acceptors (Lipinski definition) is 30. The van der Waals surface area contributed by atoms with Crippen LogP contribution in [0.5, 0.6) is 51.7 Å². The summed E-state index contributed by atoms with van der Waals surface area (Å²) in [6, 6.07) is 35.5. The summed E-state index contributed by atoms with van der Waals surface area (Å²) in [7, 11) is 0. The molecule has 0 bridgehead atoms. The Morgan fingerprint density at radius 1 is 0.200 bits per heavy atom.